The standard InChI is InChI=1S/C21H21BN2O8/c1-10-19(27)15(25)4-5-23(10)9-17(26)24-7-11(8-24)32-16-3-2-12(13-6-14(13)22-31)20(28)18(16)21(29)30/h2-5,11,13-14,27-28H,6-9H2,1H3,(H,29,30). The molecular formula is C21H21BN2O8. The molecule has 166 valence electrons. The number of aromatic nitrogens is 1. The van der Waals surface area contributed by atoms with E-state index >= 15 is 0 Å². The van der Waals surface area contributed by atoms with Crippen LogP contribution in [0.25, 0.3) is 0 Å². The fourth-order valence-corrected chi connectivity index (χ4v) is 3.89. The summed E-state index contributed by atoms with van der Waals surface area (Å²) in [6.45, 7) is 1.92. The van der Waals surface area contributed by atoms with Crippen molar-refractivity contribution in [2.75, 3.05) is 13.1 Å². The van der Waals surface area contributed by atoms with Crippen LogP contribution in [-0.2, 0) is 16.0 Å². The quantitative estimate of drug-likeness (QED) is 0.538. The zero-order valence-corrected chi connectivity index (χ0v) is 17.2. The molecule has 2 heterocycles. The van der Waals surface area contributed by atoms with Gasteiger partial charge in [-0.15, -0.1) is 0 Å². The predicted molar refractivity (Wildman–Crippen MR) is 111 cm³/mol. The number of carboxylic acids is 1. The summed E-state index contributed by atoms with van der Waals surface area (Å²) in [5, 5.41) is 29.7. The molecule has 1 aromatic carbocycles. The number of hydrogen-bond acceptors (Lipinski definition) is 7. The van der Waals surface area contributed by atoms with Gasteiger partial charge in [0.25, 0.3) is 0 Å². The zero-order valence-electron chi connectivity index (χ0n) is 17.2. The van der Waals surface area contributed by atoms with Gasteiger partial charge in [-0.2, -0.15) is 0 Å². The molecule has 1 saturated heterocycles. The number of carboxylic acid groups (broad SMARTS) is 1. The van der Waals surface area contributed by atoms with Crippen molar-refractivity contribution in [3.63, 3.8) is 0 Å². The van der Waals surface area contributed by atoms with Gasteiger partial charge in [0.2, 0.25) is 5.43 Å². The van der Waals surface area contributed by atoms with Crippen LogP contribution in [0.4, 0.5) is 0 Å². The predicted octanol–water partition coefficient (Wildman–Crippen LogP) is 0.881. The Morgan fingerprint density at radius 3 is 2.53 bits per heavy atom. The van der Waals surface area contributed by atoms with Crippen molar-refractivity contribution < 1.29 is 34.4 Å². The first-order chi connectivity index (χ1) is 15.2. The van der Waals surface area contributed by atoms with Crippen LogP contribution in [0.5, 0.6) is 17.2 Å². The molecule has 0 bridgehead atoms. The molecule has 4 rings (SSSR count). The third kappa shape index (κ3) is 3.85. The maximum atomic E-state index is 12.5. The van der Waals surface area contributed by atoms with Crippen molar-refractivity contribution in [1.82, 2.24) is 9.47 Å². The Morgan fingerprint density at radius 1 is 1.19 bits per heavy atom. The Kier molecular flexibility index (Phi) is 5.49. The fourth-order valence-electron chi connectivity index (χ4n) is 3.89. The van der Waals surface area contributed by atoms with Gasteiger partial charge in [-0.3, -0.25) is 4.79 Å². The third-order valence-corrected chi connectivity index (χ3v) is 6.01. The Labute approximate surface area is 182 Å². The van der Waals surface area contributed by atoms with Gasteiger partial charge in [0, 0.05) is 12.3 Å². The van der Waals surface area contributed by atoms with E-state index in [1.54, 1.807) is 6.07 Å². The first-order valence-electron chi connectivity index (χ1n) is 10.1. The van der Waals surface area contributed by atoms with Gasteiger partial charge in [-0.05, 0) is 6.92 Å². The van der Waals surface area contributed by atoms with E-state index in [0.717, 1.165) is 7.15 Å². The van der Waals surface area contributed by atoms with E-state index in [0.29, 0.717) is 12.0 Å². The normalized spacial score (nSPS) is 19.7. The number of nitrogens with zero attached hydrogens (tertiary/aromatic N) is 2. The van der Waals surface area contributed by atoms with Crippen LogP contribution in [-0.4, -0.2) is 63.0 Å². The minimum atomic E-state index is -1.34. The van der Waals surface area contributed by atoms with Gasteiger partial charge < -0.3 is 9.67 Å². The number of likely N-dealkylation sites (tertiary alicyclic amines) is 1. The molecule has 2 unspecified atom stereocenters. The van der Waals surface area contributed by atoms with E-state index in [-0.39, 0.29) is 54.3 Å². The van der Waals surface area contributed by atoms with Gasteiger partial charge in [-0.25, -0.2) is 0 Å². The molecule has 2 aliphatic rings. The number of rotatable bonds is 7. The summed E-state index contributed by atoms with van der Waals surface area (Å²) in [6.07, 6.45) is 1.55. The summed E-state index contributed by atoms with van der Waals surface area (Å²) < 4.78 is 18.1. The number of benzene rings is 1. The number of aromatic hydroxyl groups is 2. The second kappa shape index (κ2) is 8.14. The molecule has 2 atom stereocenters. The fraction of sp³-hybridized carbons (Fsp3) is 0.381. The van der Waals surface area contributed by atoms with Crippen LogP contribution in [0.3, 0.4) is 0 Å². The van der Waals surface area contributed by atoms with Crippen molar-refractivity contribution >= 4 is 19.0 Å². The number of aromatic carboxylic acids is 1. The van der Waals surface area contributed by atoms with Crippen molar-refractivity contribution in [3.05, 3.63) is 51.4 Å². The molecule has 1 aromatic heterocycles. The first kappa shape index (κ1) is 21.6. The monoisotopic (exact) mass is 440 g/mol. The molecule has 11 heteroatoms. The zero-order chi connectivity index (χ0) is 23.2. The van der Waals surface area contributed by atoms with Crippen molar-refractivity contribution in [1.29, 1.82) is 0 Å². The van der Waals surface area contributed by atoms with Gasteiger partial charge in [0.05, 0.1) is 5.69 Å². The van der Waals surface area contributed by atoms with Crippen LogP contribution in [0.2, 0.25) is 5.82 Å². The van der Waals surface area contributed by atoms with E-state index in [2.05, 4.69) is 0 Å². The average molecular weight is 440 g/mol. The minimum absolute atomic E-state index is 0.000304. The van der Waals surface area contributed by atoms with Gasteiger partial charge in [0.15, 0.2) is 5.75 Å². The molecule has 1 aliphatic carbocycles. The van der Waals surface area contributed by atoms with Gasteiger partial charge in [-0.1, -0.05) is 0 Å². The molecule has 32 heavy (non-hydrogen) atoms. The van der Waals surface area contributed by atoms with E-state index in [9.17, 15) is 34.4 Å². The van der Waals surface area contributed by atoms with Crippen molar-refractivity contribution in [3.8, 4) is 17.2 Å². The average Bonchev–Trinajstić information content (AvgIpc) is 3.50. The molecule has 3 N–H and O–H groups in total. The number of amides is 1. The van der Waals surface area contributed by atoms with Crippen LogP contribution < -0.4 is 10.2 Å². The van der Waals surface area contributed by atoms with Crippen LogP contribution in [0, 0.1) is 6.92 Å². The molecule has 2 aromatic rings. The summed E-state index contributed by atoms with van der Waals surface area (Å²) in [5.74, 6) is -2.79. The third-order valence-electron chi connectivity index (χ3n) is 6.01. The number of ether oxygens (including phenoxy) is 1. The molecule has 0 spiro atoms. The summed E-state index contributed by atoms with van der Waals surface area (Å²) in [6, 6.07) is 4.22. The summed E-state index contributed by atoms with van der Waals surface area (Å²) >= 11 is 0. The number of phenols is 1. The van der Waals surface area contributed by atoms with E-state index < -0.39 is 29.0 Å². The van der Waals surface area contributed by atoms with Crippen LogP contribution in [0.1, 0.15) is 34.0 Å². The molecule has 1 saturated carbocycles. The molecule has 0 radical (unpaired) electrons. The van der Waals surface area contributed by atoms with Gasteiger partial charge >= 0.3 is 132 Å². The number of carbonyl (C=O) groups excluding carboxylic acids is 1. The summed E-state index contributed by atoms with van der Waals surface area (Å²) in [4.78, 5) is 37.1. The Morgan fingerprint density at radius 2 is 1.91 bits per heavy atom. The number of pyridine rings is 1. The first-order valence-corrected chi connectivity index (χ1v) is 10.1. The van der Waals surface area contributed by atoms with E-state index in [1.165, 1.54) is 34.7 Å². The van der Waals surface area contributed by atoms with Crippen molar-refractivity contribution in [2.45, 2.75) is 37.7 Å². The Bertz CT molecular complexity index is 1170. The van der Waals surface area contributed by atoms with Gasteiger partial charge in [0.1, 0.15) is 0 Å². The maximum absolute atomic E-state index is 12.5. The topological polar surface area (TPSA) is 146 Å². The number of carbonyl (C=O) groups is 2. The Balaban J connectivity index is 1.41. The number of hydrogen-bond donors (Lipinski definition) is 3. The second-order valence-corrected chi connectivity index (χ2v) is 8.10. The molecule has 2 fully saturated rings. The molecule has 1 aliphatic heterocycles. The van der Waals surface area contributed by atoms with E-state index in [1.807, 2.05) is 0 Å². The second-order valence-electron chi connectivity index (χ2n) is 8.10. The summed E-state index contributed by atoms with van der Waals surface area (Å²) in [5.41, 5.74) is -0.177. The van der Waals surface area contributed by atoms with Crippen LogP contribution in [0.15, 0.2) is 29.2 Å². The SMILES string of the molecule is Cc1c(O)c(=O)ccn1CC(=O)N1CC(Oc2ccc(C3CC3B=O)c(O)c2C(=O)O)C1. The Hall–Kier alpha value is -3.63. The molecule has 1 amide bonds. The summed E-state index contributed by atoms with van der Waals surface area (Å²) in [7, 11) is 0.797. The van der Waals surface area contributed by atoms with E-state index in [4.69, 9.17) is 4.74 Å². The van der Waals surface area contributed by atoms with Crippen LogP contribution >= 0.6 is 0 Å². The molecular weight excluding hydrogens is 419 g/mol. The van der Waals surface area contributed by atoms with Crippen molar-refractivity contribution in [2.24, 2.45) is 0 Å². The molecule has 10 nitrogen and oxygen atoms in total.